The summed E-state index contributed by atoms with van der Waals surface area (Å²) in [6.07, 6.45) is 2.78. The summed E-state index contributed by atoms with van der Waals surface area (Å²) in [6.45, 7) is 0.712. The fraction of sp³-hybridized carbons (Fsp3) is 0.286. The van der Waals surface area contributed by atoms with Crippen molar-refractivity contribution in [3.8, 4) is 0 Å². The monoisotopic (exact) mass is 330 g/mol. The highest BCUT2D eigenvalue weighted by molar-refractivity contribution is 6.37. The van der Waals surface area contributed by atoms with Crippen LogP contribution in [0, 0.1) is 0 Å². The van der Waals surface area contributed by atoms with E-state index in [0.717, 1.165) is 0 Å². The third-order valence-corrected chi connectivity index (χ3v) is 3.11. The number of rotatable bonds is 7. The van der Waals surface area contributed by atoms with Gasteiger partial charge in [0.05, 0.1) is 13.2 Å². The van der Waals surface area contributed by atoms with Crippen LogP contribution in [0.3, 0.4) is 0 Å². The second-order valence-electron chi connectivity index (χ2n) is 4.03. The quantitative estimate of drug-likeness (QED) is 0.592. The maximum Gasteiger partial charge on any atom is 0.244 e. The van der Waals surface area contributed by atoms with Crippen molar-refractivity contribution in [2.45, 2.75) is 0 Å². The molecule has 2 N–H and O–H groups in total. The first-order valence-electron chi connectivity index (χ1n) is 6.20. The number of carbonyl (C=O) groups is 2. The van der Waals surface area contributed by atoms with Gasteiger partial charge in [0.15, 0.2) is 0 Å². The van der Waals surface area contributed by atoms with Gasteiger partial charge in [0.2, 0.25) is 11.8 Å². The number of ether oxygens (including phenoxy) is 1. The lowest BCUT2D eigenvalue weighted by Crippen LogP contribution is -2.37. The predicted octanol–water partition coefficient (Wildman–Crippen LogP) is 1.89. The second kappa shape index (κ2) is 9.39. The summed E-state index contributed by atoms with van der Waals surface area (Å²) in [5.74, 6) is -0.697. The van der Waals surface area contributed by atoms with Crippen molar-refractivity contribution in [2.75, 3.05) is 26.8 Å². The fourth-order valence-electron chi connectivity index (χ4n) is 1.41. The molecular weight excluding hydrogens is 315 g/mol. The number of benzene rings is 1. The number of hydrogen-bond donors (Lipinski definition) is 2. The first-order chi connectivity index (χ1) is 10.0. The van der Waals surface area contributed by atoms with Gasteiger partial charge >= 0.3 is 0 Å². The van der Waals surface area contributed by atoms with E-state index >= 15 is 0 Å². The Labute approximate surface area is 133 Å². The van der Waals surface area contributed by atoms with Gasteiger partial charge in [0.25, 0.3) is 0 Å². The molecule has 7 heteroatoms. The largest absolute Gasteiger partial charge is 0.383 e. The van der Waals surface area contributed by atoms with Crippen molar-refractivity contribution in [2.24, 2.45) is 0 Å². The number of halogens is 2. The minimum Gasteiger partial charge on any atom is -0.383 e. The molecule has 0 aliphatic heterocycles. The third-order valence-electron chi connectivity index (χ3n) is 2.45. The van der Waals surface area contributed by atoms with Crippen LogP contribution in [-0.4, -0.2) is 38.6 Å². The van der Waals surface area contributed by atoms with Crippen LogP contribution in [0.15, 0.2) is 24.3 Å². The molecule has 0 saturated carbocycles. The fourth-order valence-corrected chi connectivity index (χ4v) is 1.93. The molecule has 0 unspecified atom stereocenters. The minimum atomic E-state index is -0.409. The number of amides is 2. The summed E-state index contributed by atoms with van der Waals surface area (Å²) in [6, 6.07) is 5.06. The molecule has 1 aromatic rings. The van der Waals surface area contributed by atoms with E-state index in [2.05, 4.69) is 10.6 Å². The number of methoxy groups -OCH3 is 1. The molecule has 0 aliphatic carbocycles. The molecule has 0 spiro atoms. The van der Waals surface area contributed by atoms with Gasteiger partial charge in [-0.1, -0.05) is 29.3 Å². The van der Waals surface area contributed by atoms with Gasteiger partial charge in [-0.25, -0.2) is 0 Å². The zero-order chi connectivity index (χ0) is 15.7. The minimum absolute atomic E-state index is 0.108. The summed E-state index contributed by atoms with van der Waals surface area (Å²) < 4.78 is 4.79. The van der Waals surface area contributed by atoms with Crippen molar-refractivity contribution < 1.29 is 14.3 Å². The van der Waals surface area contributed by atoms with E-state index in [1.165, 1.54) is 12.2 Å². The van der Waals surface area contributed by atoms with Gasteiger partial charge in [0, 0.05) is 35.3 Å². The van der Waals surface area contributed by atoms with Gasteiger partial charge in [0.1, 0.15) is 0 Å². The molecule has 5 nitrogen and oxygen atoms in total. The number of carbonyl (C=O) groups excluding carboxylic acids is 2. The van der Waals surface area contributed by atoms with E-state index in [9.17, 15) is 9.59 Å². The van der Waals surface area contributed by atoms with Crippen molar-refractivity contribution in [1.82, 2.24) is 10.6 Å². The van der Waals surface area contributed by atoms with Crippen LogP contribution in [0.5, 0.6) is 0 Å². The molecule has 0 atom stereocenters. The van der Waals surface area contributed by atoms with Crippen LogP contribution in [-0.2, 0) is 14.3 Å². The highest BCUT2D eigenvalue weighted by atomic mass is 35.5. The van der Waals surface area contributed by atoms with Crippen LogP contribution in [0.4, 0.5) is 0 Å². The molecule has 1 aromatic carbocycles. The molecule has 21 heavy (non-hydrogen) atoms. The SMILES string of the molecule is COCCNC(=O)CNC(=O)/C=C/c1c(Cl)cccc1Cl. The smallest absolute Gasteiger partial charge is 0.244 e. The third kappa shape index (κ3) is 6.62. The molecule has 0 aromatic heterocycles. The Bertz CT molecular complexity index is 513. The first kappa shape index (κ1) is 17.5. The topological polar surface area (TPSA) is 67.4 Å². The number of nitrogens with one attached hydrogen (secondary N) is 2. The summed E-state index contributed by atoms with van der Waals surface area (Å²) in [5.41, 5.74) is 0.556. The Kier molecular flexibility index (Phi) is 7.82. The Hall–Kier alpha value is -1.56. The van der Waals surface area contributed by atoms with E-state index < -0.39 is 5.91 Å². The lowest BCUT2D eigenvalue weighted by Gasteiger charge is -2.05. The van der Waals surface area contributed by atoms with Gasteiger partial charge in [-0.2, -0.15) is 0 Å². The molecule has 0 bridgehead atoms. The van der Waals surface area contributed by atoms with Crippen LogP contribution in [0.1, 0.15) is 5.56 Å². The molecule has 1 rings (SSSR count). The Morgan fingerprint density at radius 1 is 1.24 bits per heavy atom. The summed E-state index contributed by atoms with van der Waals surface area (Å²) in [7, 11) is 1.54. The molecule has 0 saturated heterocycles. The highest BCUT2D eigenvalue weighted by Gasteiger charge is 2.04. The van der Waals surface area contributed by atoms with Gasteiger partial charge < -0.3 is 15.4 Å². The average Bonchev–Trinajstić information content (AvgIpc) is 2.45. The molecule has 2 amide bonds. The van der Waals surface area contributed by atoms with Crippen LogP contribution >= 0.6 is 23.2 Å². The predicted molar refractivity (Wildman–Crippen MR) is 83.4 cm³/mol. The van der Waals surface area contributed by atoms with E-state index in [4.69, 9.17) is 27.9 Å². The normalized spacial score (nSPS) is 10.6. The molecule has 0 fully saturated rings. The lowest BCUT2D eigenvalue weighted by molar-refractivity contribution is -0.124. The van der Waals surface area contributed by atoms with Crippen molar-refractivity contribution >= 4 is 41.1 Å². The zero-order valence-electron chi connectivity index (χ0n) is 11.5. The summed E-state index contributed by atoms with van der Waals surface area (Å²) in [4.78, 5) is 22.9. The van der Waals surface area contributed by atoms with Gasteiger partial charge in [-0.3, -0.25) is 9.59 Å². The standard InChI is InChI=1S/C14H16Cl2N2O3/c1-21-8-7-17-14(20)9-18-13(19)6-5-10-11(15)3-2-4-12(10)16/h2-6H,7-9H2,1H3,(H,17,20)(H,18,19)/b6-5+. The average molecular weight is 331 g/mol. The van der Waals surface area contributed by atoms with E-state index in [1.807, 2.05) is 0 Å². The van der Waals surface area contributed by atoms with E-state index in [1.54, 1.807) is 25.3 Å². The lowest BCUT2D eigenvalue weighted by atomic mass is 10.2. The Morgan fingerprint density at radius 3 is 2.52 bits per heavy atom. The van der Waals surface area contributed by atoms with Crippen molar-refractivity contribution in [3.63, 3.8) is 0 Å². The van der Waals surface area contributed by atoms with E-state index in [-0.39, 0.29) is 12.5 Å². The van der Waals surface area contributed by atoms with Crippen molar-refractivity contribution in [3.05, 3.63) is 39.9 Å². The molecular formula is C14H16Cl2N2O3. The van der Waals surface area contributed by atoms with Gasteiger partial charge in [-0.05, 0) is 18.2 Å². The molecule has 0 aliphatic rings. The summed E-state index contributed by atoms with van der Waals surface area (Å²) >= 11 is 11.9. The van der Waals surface area contributed by atoms with E-state index in [0.29, 0.717) is 28.8 Å². The molecule has 0 radical (unpaired) electrons. The van der Waals surface area contributed by atoms with Crippen LogP contribution < -0.4 is 10.6 Å². The first-order valence-corrected chi connectivity index (χ1v) is 6.95. The Balaban J connectivity index is 2.43. The zero-order valence-corrected chi connectivity index (χ0v) is 13.0. The van der Waals surface area contributed by atoms with Crippen LogP contribution in [0.25, 0.3) is 6.08 Å². The van der Waals surface area contributed by atoms with Crippen molar-refractivity contribution in [1.29, 1.82) is 0 Å². The van der Waals surface area contributed by atoms with Crippen LogP contribution in [0.2, 0.25) is 10.0 Å². The van der Waals surface area contributed by atoms with Gasteiger partial charge in [-0.15, -0.1) is 0 Å². The number of hydrogen-bond acceptors (Lipinski definition) is 3. The molecule has 114 valence electrons. The highest BCUT2D eigenvalue weighted by Crippen LogP contribution is 2.25. The molecule has 0 heterocycles. The second-order valence-corrected chi connectivity index (χ2v) is 4.84. The summed E-state index contributed by atoms with van der Waals surface area (Å²) in [5, 5.41) is 5.94. The maximum atomic E-state index is 11.6. The maximum absolute atomic E-state index is 11.6. The Morgan fingerprint density at radius 2 is 1.90 bits per heavy atom.